The molecule has 0 amide bonds. The number of cyclic esters (lactones) is 1. The second-order valence-corrected chi connectivity index (χ2v) is 6.23. The molecule has 0 unspecified atom stereocenters. The van der Waals surface area contributed by atoms with E-state index in [9.17, 15) is 15.0 Å². The van der Waals surface area contributed by atoms with Gasteiger partial charge in [0.2, 0.25) is 0 Å². The highest BCUT2D eigenvalue weighted by Crippen LogP contribution is 2.26. The minimum atomic E-state index is -0.616. The molecule has 0 saturated heterocycles. The molecule has 0 bridgehead atoms. The van der Waals surface area contributed by atoms with Crippen molar-refractivity contribution in [1.29, 1.82) is 5.26 Å². The van der Waals surface area contributed by atoms with Crippen molar-refractivity contribution in [3.8, 4) is 11.8 Å². The summed E-state index contributed by atoms with van der Waals surface area (Å²) in [6.07, 6.45) is 4.86. The zero-order chi connectivity index (χ0) is 17.5. The van der Waals surface area contributed by atoms with E-state index in [0.29, 0.717) is 24.8 Å². The molecule has 24 heavy (non-hydrogen) atoms. The van der Waals surface area contributed by atoms with Crippen LogP contribution in [-0.4, -0.2) is 28.4 Å². The van der Waals surface area contributed by atoms with Gasteiger partial charge in [0, 0.05) is 12.8 Å². The number of carbonyl (C=O) groups is 1. The van der Waals surface area contributed by atoms with Crippen LogP contribution in [0.5, 0.6) is 5.75 Å². The Morgan fingerprint density at radius 1 is 1.38 bits per heavy atom. The molecule has 1 heterocycles. The van der Waals surface area contributed by atoms with Gasteiger partial charge >= 0.3 is 5.97 Å². The van der Waals surface area contributed by atoms with Crippen LogP contribution in [0, 0.1) is 17.2 Å². The number of aromatic hydroxyl groups is 1. The number of ether oxygens (including phenoxy) is 1. The number of fused-ring (bicyclic) bond motifs is 1. The third-order valence-electron chi connectivity index (χ3n) is 4.36. The number of rotatable bonds is 2. The maximum absolute atomic E-state index is 12.5. The lowest BCUT2D eigenvalue weighted by Crippen LogP contribution is -2.28. The lowest BCUT2D eigenvalue weighted by Gasteiger charge is -2.24. The second-order valence-electron chi connectivity index (χ2n) is 6.23. The third kappa shape index (κ3) is 4.59. The van der Waals surface area contributed by atoms with Crippen molar-refractivity contribution >= 4 is 5.97 Å². The fraction of sp³-hybridized carbons (Fsp3) is 0.474. The fourth-order valence-electron chi connectivity index (χ4n) is 2.83. The molecule has 0 spiro atoms. The molecule has 1 aromatic carbocycles. The van der Waals surface area contributed by atoms with Gasteiger partial charge in [-0.25, -0.2) is 4.79 Å². The summed E-state index contributed by atoms with van der Waals surface area (Å²) >= 11 is 0. The van der Waals surface area contributed by atoms with Crippen molar-refractivity contribution in [3.63, 3.8) is 0 Å². The third-order valence-corrected chi connectivity index (χ3v) is 4.36. The van der Waals surface area contributed by atoms with Crippen LogP contribution in [0.4, 0.5) is 0 Å². The molecule has 5 nitrogen and oxygen atoms in total. The molecule has 2 rings (SSSR count). The average molecular weight is 329 g/mol. The van der Waals surface area contributed by atoms with Gasteiger partial charge < -0.3 is 14.9 Å². The van der Waals surface area contributed by atoms with Gasteiger partial charge in [-0.1, -0.05) is 31.2 Å². The average Bonchev–Trinajstić information content (AvgIpc) is 2.55. The number of hydrogen-bond acceptors (Lipinski definition) is 5. The molecule has 0 aromatic heterocycles. The van der Waals surface area contributed by atoms with Crippen LogP contribution in [0.2, 0.25) is 0 Å². The van der Waals surface area contributed by atoms with E-state index in [1.165, 1.54) is 6.07 Å². The monoisotopic (exact) mass is 329 g/mol. The Labute approximate surface area is 142 Å². The summed E-state index contributed by atoms with van der Waals surface area (Å²) in [5.74, 6) is -0.691. The highest BCUT2D eigenvalue weighted by molar-refractivity contribution is 5.94. The molecular weight excluding hydrogens is 306 g/mol. The number of phenolic OH excluding ortho intramolecular Hbond substituents is 1. The number of phenols is 1. The minimum Gasteiger partial charge on any atom is -0.507 e. The lowest BCUT2D eigenvalue weighted by molar-refractivity contribution is 0.00380. The van der Waals surface area contributed by atoms with Crippen molar-refractivity contribution in [2.75, 3.05) is 0 Å². The maximum atomic E-state index is 12.5. The molecule has 0 radical (unpaired) electrons. The molecule has 1 aliphatic rings. The van der Waals surface area contributed by atoms with Gasteiger partial charge in [0.1, 0.15) is 17.4 Å². The van der Waals surface area contributed by atoms with Crippen molar-refractivity contribution < 1.29 is 19.7 Å². The number of carbonyl (C=O) groups excluding carboxylic acids is 1. The zero-order valence-electron chi connectivity index (χ0n) is 13.8. The number of benzene rings is 1. The molecule has 1 aliphatic heterocycles. The molecule has 0 saturated carbocycles. The maximum Gasteiger partial charge on any atom is 0.342 e. The van der Waals surface area contributed by atoms with Gasteiger partial charge in [-0.2, -0.15) is 5.26 Å². The first kappa shape index (κ1) is 18.0. The van der Waals surface area contributed by atoms with E-state index in [1.54, 1.807) is 12.1 Å². The topological polar surface area (TPSA) is 90.5 Å². The van der Waals surface area contributed by atoms with Crippen molar-refractivity contribution in [3.05, 3.63) is 41.5 Å². The number of esters is 1. The number of aliphatic hydroxyl groups excluding tert-OH is 1. The quantitative estimate of drug-likeness (QED) is 0.642. The summed E-state index contributed by atoms with van der Waals surface area (Å²) in [5.41, 5.74) is 0.858. The summed E-state index contributed by atoms with van der Waals surface area (Å²) in [6.45, 7) is 1.95. The molecule has 5 heteroatoms. The Balaban J connectivity index is 2.33. The van der Waals surface area contributed by atoms with Gasteiger partial charge in [-0.3, -0.25) is 0 Å². The smallest absolute Gasteiger partial charge is 0.342 e. The summed E-state index contributed by atoms with van der Waals surface area (Å²) in [7, 11) is 0. The van der Waals surface area contributed by atoms with Crippen LogP contribution in [-0.2, 0) is 11.2 Å². The second kappa shape index (κ2) is 8.51. The molecule has 2 N–H and O–H groups in total. The van der Waals surface area contributed by atoms with E-state index in [2.05, 4.69) is 0 Å². The van der Waals surface area contributed by atoms with Crippen LogP contribution in [0.1, 0.15) is 48.5 Å². The summed E-state index contributed by atoms with van der Waals surface area (Å²) in [6, 6.07) is 6.98. The number of allylic oxidation sites excluding steroid dienone is 2. The number of aliphatic hydroxyl groups is 1. The Hall–Kier alpha value is -2.32. The van der Waals surface area contributed by atoms with Crippen LogP contribution in [0.15, 0.2) is 30.4 Å². The predicted octanol–water partition coefficient (Wildman–Crippen LogP) is 3.11. The normalized spacial score (nSPS) is 26.2. The molecule has 0 fully saturated rings. The summed E-state index contributed by atoms with van der Waals surface area (Å²) in [5, 5.41) is 29.2. The molecule has 1 aromatic rings. The van der Waals surface area contributed by atoms with Crippen molar-refractivity contribution in [2.45, 2.75) is 51.2 Å². The molecular formula is C19H23NO4. The van der Waals surface area contributed by atoms with Gasteiger partial charge in [0.25, 0.3) is 0 Å². The Morgan fingerprint density at radius 2 is 2.17 bits per heavy atom. The standard InChI is InChI=1S/C19H23NO4/c1-13-6-2-3-7-14-8-4-10-16(21)18(14)19(23)24-15(9-5-11-20)12-17(13)22/h2-4,8,10,13,15,17,21-22H,5-7,9,12H2,1H3/b3-2-/t13-,15-,17-/m1/s1. The van der Waals surface area contributed by atoms with E-state index >= 15 is 0 Å². The minimum absolute atomic E-state index is 0.0348. The predicted molar refractivity (Wildman–Crippen MR) is 89.4 cm³/mol. The van der Waals surface area contributed by atoms with E-state index in [1.807, 2.05) is 25.1 Å². The highest BCUT2D eigenvalue weighted by Gasteiger charge is 2.25. The fourth-order valence-corrected chi connectivity index (χ4v) is 2.83. The van der Waals surface area contributed by atoms with Crippen LogP contribution >= 0.6 is 0 Å². The first-order chi connectivity index (χ1) is 11.5. The highest BCUT2D eigenvalue weighted by atomic mass is 16.5. The van der Waals surface area contributed by atoms with Crippen molar-refractivity contribution in [2.24, 2.45) is 5.92 Å². The van der Waals surface area contributed by atoms with E-state index in [0.717, 1.165) is 0 Å². The number of hydrogen-bond donors (Lipinski definition) is 2. The summed E-state index contributed by atoms with van der Waals surface area (Å²) in [4.78, 5) is 12.5. The largest absolute Gasteiger partial charge is 0.507 e. The Kier molecular flexibility index (Phi) is 6.39. The van der Waals surface area contributed by atoms with E-state index in [-0.39, 0.29) is 30.1 Å². The Bertz CT molecular complexity index is 647. The van der Waals surface area contributed by atoms with Gasteiger partial charge in [-0.05, 0) is 36.8 Å². The van der Waals surface area contributed by atoms with Gasteiger partial charge in [-0.15, -0.1) is 0 Å². The van der Waals surface area contributed by atoms with Crippen LogP contribution < -0.4 is 0 Å². The molecule has 128 valence electrons. The Morgan fingerprint density at radius 3 is 2.92 bits per heavy atom. The molecule has 3 atom stereocenters. The number of nitriles is 1. The first-order valence-corrected chi connectivity index (χ1v) is 8.24. The van der Waals surface area contributed by atoms with Crippen molar-refractivity contribution in [1.82, 2.24) is 0 Å². The van der Waals surface area contributed by atoms with E-state index in [4.69, 9.17) is 10.00 Å². The lowest BCUT2D eigenvalue weighted by atomic mass is 9.93. The first-order valence-electron chi connectivity index (χ1n) is 8.24. The zero-order valence-corrected chi connectivity index (χ0v) is 13.8. The van der Waals surface area contributed by atoms with Gasteiger partial charge in [0.15, 0.2) is 0 Å². The van der Waals surface area contributed by atoms with Crippen LogP contribution in [0.3, 0.4) is 0 Å². The summed E-state index contributed by atoms with van der Waals surface area (Å²) < 4.78 is 5.52. The van der Waals surface area contributed by atoms with Gasteiger partial charge in [0.05, 0.1) is 12.2 Å². The SMILES string of the molecule is C[C@@H]1C/C=C\Cc2cccc(O)c2C(=O)O[C@H](CCC#N)C[C@H]1O. The van der Waals surface area contributed by atoms with E-state index < -0.39 is 18.2 Å². The number of nitrogens with zero attached hydrogens (tertiary/aromatic N) is 1. The van der Waals surface area contributed by atoms with Crippen LogP contribution in [0.25, 0.3) is 0 Å². The molecule has 0 aliphatic carbocycles.